The van der Waals surface area contributed by atoms with E-state index in [1.165, 1.54) is 0 Å². The number of carbonyl (C=O) groups excluding carboxylic acids is 1. The van der Waals surface area contributed by atoms with Gasteiger partial charge < -0.3 is 0 Å². The quantitative estimate of drug-likeness (QED) is 0.646. The van der Waals surface area contributed by atoms with Gasteiger partial charge in [-0.25, -0.2) is 5.43 Å². The van der Waals surface area contributed by atoms with Crippen molar-refractivity contribution in [1.82, 2.24) is 15.2 Å². The average molecular weight is 290 g/mol. The third-order valence-electron chi connectivity index (χ3n) is 2.50. The van der Waals surface area contributed by atoms with E-state index in [9.17, 15) is 18.0 Å². The molecule has 0 atom stereocenters. The van der Waals surface area contributed by atoms with Crippen LogP contribution in [0.5, 0.6) is 0 Å². The van der Waals surface area contributed by atoms with Gasteiger partial charge in [0.25, 0.3) is 5.91 Å². The molecule has 0 aliphatic rings. The number of hydrazone groups is 1. The summed E-state index contributed by atoms with van der Waals surface area (Å²) in [4.78, 5) is 11.5. The summed E-state index contributed by atoms with van der Waals surface area (Å²) in [7, 11) is 0. The van der Waals surface area contributed by atoms with Gasteiger partial charge >= 0.3 is 6.18 Å². The highest BCUT2D eigenvalue weighted by Gasteiger charge is 2.33. The average Bonchev–Trinajstić information content (AvgIpc) is 2.82. The Morgan fingerprint density at radius 1 is 1.50 bits per heavy atom. The van der Waals surface area contributed by atoms with E-state index in [1.54, 1.807) is 6.92 Å². The van der Waals surface area contributed by atoms with Crippen molar-refractivity contribution < 1.29 is 18.0 Å². The number of unbranched alkanes of at least 4 members (excludes halogenated alkanes) is 1. The van der Waals surface area contributed by atoms with Crippen LogP contribution in [0, 0.1) is 0 Å². The minimum atomic E-state index is -4.50. The molecule has 1 aromatic heterocycles. The van der Waals surface area contributed by atoms with Gasteiger partial charge in [-0.3, -0.25) is 9.48 Å². The first-order valence-corrected chi connectivity index (χ1v) is 6.25. The van der Waals surface area contributed by atoms with Crippen LogP contribution in [0.4, 0.5) is 13.2 Å². The Labute approximate surface area is 114 Å². The number of nitrogens with zero attached hydrogens (tertiary/aromatic N) is 3. The minimum absolute atomic E-state index is 0.305. The van der Waals surface area contributed by atoms with Crippen LogP contribution in [0.2, 0.25) is 0 Å². The van der Waals surface area contributed by atoms with E-state index >= 15 is 0 Å². The van der Waals surface area contributed by atoms with Gasteiger partial charge in [0.1, 0.15) is 6.54 Å². The zero-order chi connectivity index (χ0) is 15.2. The first-order valence-electron chi connectivity index (χ1n) is 6.25. The molecule has 1 heterocycles. The van der Waals surface area contributed by atoms with Gasteiger partial charge in [0.2, 0.25) is 0 Å². The topological polar surface area (TPSA) is 59.3 Å². The van der Waals surface area contributed by atoms with Gasteiger partial charge in [-0.05, 0) is 25.8 Å². The lowest BCUT2D eigenvalue weighted by molar-refractivity contribution is -0.141. The molecular formula is C12H17F3N4O. The zero-order valence-electron chi connectivity index (χ0n) is 11.4. The van der Waals surface area contributed by atoms with Crippen LogP contribution in [-0.4, -0.2) is 21.4 Å². The highest BCUT2D eigenvalue weighted by Crippen LogP contribution is 2.27. The van der Waals surface area contributed by atoms with E-state index in [0.29, 0.717) is 0 Å². The molecule has 5 nitrogen and oxygen atoms in total. The second-order valence-electron chi connectivity index (χ2n) is 4.38. The van der Waals surface area contributed by atoms with Crippen molar-refractivity contribution in [3.63, 3.8) is 0 Å². The van der Waals surface area contributed by atoms with Crippen LogP contribution in [0.15, 0.2) is 17.4 Å². The molecule has 0 fully saturated rings. The van der Waals surface area contributed by atoms with Crippen LogP contribution in [0.3, 0.4) is 0 Å². The van der Waals surface area contributed by atoms with Gasteiger partial charge in [0.15, 0.2) is 5.69 Å². The maximum absolute atomic E-state index is 12.3. The Morgan fingerprint density at radius 2 is 2.20 bits per heavy atom. The van der Waals surface area contributed by atoms with Crippen molar-refractivity contribution in [2.24, 2.45) is 5.10 Å². The Balaban J connectivity index is 2.49. The number of amides is 1. The van der Waals surface area contributed by atoms with Gasteiger partial charge in [0, 0.05) is 11.9 Å². The first-order chi connectivity index (χ1) is 9.32. The van der Waals surface area contributed by atoms with Crippen molar-refractivity contribution in [1.29, 1.82) is 0 Å². The molecule has 1 N–H and O–H groups in total. The summed E-state index contributed by atoms with van der Waals surface area (Å²) in [6, 6.07) is 0.822. The summed E-state index contributed by atoms with van der Waals surface area (Å²) in [6.07, 6.45) is -0.628. The number of hydrogen-bond acceptors (Lipinski definition) is 3. The van der Waals surface area contributed by atoms with Gasteiger partial charge in [-0.15, -0.1) is 0 Å². The zero-order valence-corrected chi connectivity index (χ0v) is 11.4. The van der Waals surface area contributed by atoms with E-state index in [4.69, 9.17) is 0 Å². The molecule has 0 bridgehead atoms. The van der Waals surface area contributed by atoms with Crippen molar-refractivity contribution in [2.75, 3.05) is 0 Å². The molecule has 1 rings (SSSR count). The smallest absolute Gasteiger partial charge is 0.271 e. The standard InChI is InChI=1S/C12H17F3N4O/c1-3-4-5-9(2)16-17-11(20)8-19-7-6-10(18-19)12(13,14)15/h6-7H,3-5,8H2,1-2H3,(H,17,20)/b16-9-. The van der Waals surface area contributed by atoms with E-state index in [2.05, 4.69) is 15.6 Å². The highest BCUT2D eigenvalue weighted by molar-refractivity contribution is 5.84. The maximum Gasteiger partial charge on any atom is 0.435 e. The highest BCUT2D eigenvalue weighted by atomic mass is 19.4. The Morgan fingerprint density at radius 3 is 2.75 bits per heavy atom. The molecule has 0 saturated carbocycles. The third-order valence-corrected chi connectivity index (χ3v) is 2.50. The number of alkyl halides is 3. The molecule has 0 aliphatic carbocycles. The molecule has 112 valence electrons. The lowest BCUT2D eigenvalue weighted by Crippen LogP contribution is -2.24. The largest absolute Gasteiger partial charge is 0.435 e. The Hall–Kier alpha value is -1.86. The molecule has 0 unspecified atom stereocenters. The number of rotatable bonds is 6. The number of nitrogens with one attached hydrogen (secondary N) is 1. The van der Waals surface area contributed by atoms with Crippen molar-refractivity contribution in [3.05, 3.63) is 18.0 Å². The monoisotopic (exact) mass is 290 g/mol. The molecule has 1 aromatic rings. The summed E-state index contributed by atoms with van der Waals surface area (Å²) in [5.41, 5.74) is 2.05. The summed E-state index contributed by atoms with van der Waals surface area (Å²) >= 11 is 0. The van der Waals surface area contributed by atoms with Crippen LogP contribution in [-0.2, 0) is 17.5 Å². The summed E-state index contributed by atoms with van der Waals surface area (Å²) in [5.74, 6) is -0.516. The molecule has 0 aromatic carbocycles. The lowest BCUT2D eigenvalue weighted by Gasteiger charge is -2.03. The fourth-order valence-corrected chi connectivity index (χ4v) is 1.43. The predicted molar refractivity (Wildman–Crippen MR) is 68.0 cm³/mol. The maximum atomic E-state index is 12.3. The minimum Gasteiger partial charge on any atom is -0.271 e. The van der Waals surface area contributed by atoms with Gasteiger partial charge in [0.05, 0.1) is 0 Å². The lowest BCUT2D eigenvalue weighted by atomic mass is 10.2. The summed E-state index contributed by atoms with van der Waals surface area (Å²) in [6.45, 7) is 3.52. The molecule has 0 radical (unpaired) electrons. The van der Waals surface area contributed by atoms with Gasteiger partial charge in [-0.1, -0.05) is 13.3 Å². The number of carbonyl (C=O) groups is 1. The fourth-order valence-electron chi connectivity index (χ4n) is 1.43. The second-order valence-corrected chi connectivity index (χ2v) is 4.38. The molecule has 20 heavy (non-hydrogen) atoms. The number of hydrogen-bond donors (Lipinski definition) is 1. The van der Waals surface area contributed by atoms with Crippen LogP contribution in [0.1, 0.15) is 38.8 Å². The SMILES string of the molecule is CCCC/C(C)=N\NC(=O)Cn1ccc(C(F)(F)F)n1. The van der Waals surface area contributed by atoms with Crippen molar-refractivity contribution in [2.45, 2.75) is 45.8 Å². The third kappa shape index (κ3) is 5.41. The number of aromatic nitrogens is 2. The number of halogens is 3. The predicted octanol–water partition coefficient (Wildman–Crippen LogP) is 2.58. The second kappa shape index (κ2) is 7.06. The van der Waals surface area contributed by atoms with Gasteiger partial charge in [-0.2, -0.15) is 23.4 Å². The van der Waals surface area contributed by atoms with E-state index in [-0.39, 0.29) is 6.54 Å². The fraction of sp³-hybridized carbons (Fsp3) is 0.583. The molecule has 1 amide bonds. The Kier molecular flexibility index (Phi) is 5.72. The van der Waals surface area contributed by atoms with E-state index < -0.39 is 17.8 Å². The molecule has 0 aliphatic heterocycles. The first kappa shape index (κ1) is 16.2. The van der Waals surface area contributed by atoms with Crippen LogP contribution in [0.25, 0.3) is 0 Å². The molecule has 8 heteroatoms. The summed E-state index contributed by atoms with van der Waals surface area (Å²) in [5, 5.41) is 7.15. The van der Waals surface area contributed by atoms with Crippen molar-refractivity contribution in [3.8, 4) is 0 Å². The molecule has 0 spiro atoms. The molecular weight excluding hydrogens is 273 g/mol. The van der Waals surface area contributed by atoms with E-state index in [1.807, 2.05) is 6.92 Å². The van der Waals surface area contributed by atoms with E-state index in [0.717, 1.165) is 41.9 Å². The van der Waals surface area contributed by atoms with Crippen LogP contribution >= 0.6 is 0 Å². The normalized spacial score (nSPS) is 12.6. The van der Waals surface area contributed by atoms with Crippen LogP contribution < -0.4 is 5.43 Å². The molecule has 0 saturated heterocycles. The van der Waals surface area contributed by atoms with Crippen molar-refractivity contribution >= 4 is 11.6 Å². The Bertz CT molecular complexity index is 479. The summed E-state index contributed by atoms with van der Waals surface area (Å²) < 4.78 is 37.9.